The Kier molecular flexibility index (Phi) is 5.59. The lowest BCUT2D eigenvalue weighted by molar-refractivity contribution is 0.0915. The standard InChI is InChI=1S/C21H26O2/c1-21(2,3)18(14-16-8-6-5-7-9-16)15-20(22)17-10-12-19(23-4)13-11-17/h5-13,18H,14-15H2,1-4H3. The fourth-order valence-corrected chi connectivity index (χ4v) is 2.70. The first kappa shape index (κ1) is 17.3. The van der Waals surface area contributed by atoms with Gasteiger partial charge in [-0.15, -0.1) is 0 Å². The van der Waals surface area contributed by atoms with Gasteiger partial charge in [0.05, 0.1) is 7.11 Å². The molecular formula is C21H26O2. The largest absolute Gasteiger partial charge is 0.497 e. The molecule has 122 valence electrons. The number of ketones is 1. The third-order valence-electron chi connectivity index (χ3n) is 4.39. The molecule has 0 aliphatic carbocycles. The lowest BCUT2D eigenvalue weighted by atomic mass is 9.74. The van der Waals surface area contributed by atoms with Crippen LogP contribution in [0.1, 0.15) is 43.1 Å². The summed E-state index contributed by atoms with van der Waals surface area (Å²) in [4.78, 5) is 12.7. The van der Waals surface area contributed by atoms with Gasteiger partial charge in [0.1, 0.15) is 5.75 Å². The van der Waals surface area contributed by atoms with Crippen LogP contribution in [0.25, 0.3) is 0 Å². The van der Waals surface area contributed by atoms with E-state index in [1.165, 1.54) is 5.56 Å². The Hall–Kier alpha value is -2.09. The molecule has 2 nitrogen and oxygen atoms in total. The highest BCUT2D eigenvalue weighted by Crippen LogP contribution is 2.33. The minimum absolute atomic E-state index is 0.0813. The van der Waals surface area contributed by atoms with Gasteiger partial charge in [-0.3, -0.25) is 4.79 Å². The van der Waals surface area contributed by atoms with Gasteiger partial charge in [0.2, 0.25) is 0 Å². The summed E-state index contributed by atoms with van der Waals surface area (Å²) in [5.41, 5.74) is 2.13. The third-order valence-corrected chi connectivity index (χ3v) is 4.39. The van der Waals surface area contributed by atoms with Gasteiger partial charge in [-0.25, -0.2) is 0 Å². The van der Waals surface area contributed by atoms with Crippen molar-refractivity contribution in [3.8, 4) is 5.75 Å². The lowest BCUT2D eigenvalue weighted by Gasteiger charge is -2.30. The summed E-state index contributed by atoms with van der Waals surface area (Å²) >= 11 is 0. The van der Waals surface area contributed by atoms with Crippen molar-refractivity contribution in [3.05, 3.63) is 65.7 Å². The van der Waals surface area contributed by atoms with E-state index < -0.39 is 0 Å². The van der Waals surface area contributed by atoms with Crippen molar-refractivity contribution in [2.45, 2.75) is 33.6 Å². The number of methoxy groups -OCH3 is 1. The van der Waals surface area contributed by atoms with Crippen molar-refractivity contribution in [1.29, 1.82) is 0 Å². The molecule has 1 unspecified atom stereocenters. The highest BCUT2D eigenvalue weighted by molar-refractivity contribution is 5.96. The van der Waals surface area contributed by atoms with Crippen molar-refractivity contribution in [2.24, 2.45) is 11.3 Å². The fraction of sp³-hybridized carbons (Fsp3) is 0.381. The molecule has 0 bridgehead atoms. The molecule has 0 fully saturated rings. The van der Waals surface area contributed by atoms with E-state index in [-0.39, 0.29) is 11.2 Å². The van der Waals surface area contributed by atoms with Crippen LogP contribution in [0.4, 0.5) is 0 Å². The molecule has 0 aliphatic heterocycles. The van der Waals surface area contributed by atoms with Gasteiger partial charge in [-0.1, -0.05) is 51.1 Å². The van der Waals surface area contributed by atoms with Gasteiger partial charge >= 0.3 is 0 Å². The Morgan fingerprint density at radius 3 is 2.13 bits per heavy atom. The molecule has 0 N–H and O–H groups in total. The van der Waals surface area contributed by atoms with Crippen LogP contribution in [0.15, 0.2) is 54.6 Å². The SMILES string of the molecule is COc1ccc(C(=O)CC(Cc2ccccc2)C(C)(C)C)cc1. The molecule has 2 aromatic carbocycles. The summed E-state index contributed by atoms with van der Waals surface area (Å²) in [5.74, 6) is 1.28. The first-order valence-corrected chi connectivity index (χ1v) is 8.11. The molecule has 0 aromatic heterocycles. The molecule has 0 heterocycles. The van der Waals surface area contributed by atoms with Crippen molar-refractivity contribution in [1.82, 2.24) is 0 Å². The molecule has 2 aromatic rings. The normalized spacial score (nSPS) is 12.7. The van der Waals surface area contributed by atoms with Crippen molar-refractivity contribution >= 4 is 5.78 Å². The Labute approximate surface area is 139 Å². The number of benzene rings is 2. The number of carbonyl (C=O) groups is 1. The zero-order chi connectivity index (χ0) is 16.9. The average molecular weight is 310 g/mol. The Bertz CT molecular complexity index is 621. The molecule has 0 aliphatic rings. The zero-order valence-electron chi connectivity index (χ0n) is 14.5. The summed E-state index contributed by atoms with van der Waals surface area (Å²) in [7, 11) is 1.63. The monoisotopic (exact) mass is 310 g/mol. The molecule has 0 saturated carbocycles. The van der Waals surface area contributed by atoms with E-state index in [9.17, 15) is 4.79 Å². The van der Waals surface area contributed by atoms with Crippen LogP contribution < -0.4 is 4.74 Å². The Morgan fingerprint density at radius 1 is 1.00 bits per heavy atom. The summed E-state index contributed by atoms with van der Waals surface area (Å²) in [6, 6.07) is 17.8. The van der Waals surface area contributed by atoms with Crippen molar-refractivity contribution in [3.63, 3.8) is 0 Å². The van der Waals surface area contributed by atoms with Gasteiger partial charge < -0.3 is 4.74 Å². The van der Waals surface area contributed by atoms with Crippen LogP contribution in [0.2, 0.25) is 0 Å². The highest BCUT2D eigenvalue weighted by atomic mass is 16.5. The van der Waals surface area contributed by atoms with Gasteiger partial charge in [0.15, 0.2) is 5.78 Å². The molecule has 1 atom stereocenters. The van der Waals surface area contributed by atoms with E-state index in [1.54, 1.807) is 7.11 Å². The molecule has 0 spiro atoms. The second-order valence-electron chi connectivity index (χ2n) is 7.11. The average Bonchev–Trinajstić information content (AvgIpc) is 2.54. The second kappa shape index (κ2) is 7.45. The maximum Gasteiger partial charge on any atom is 0.163 e. The molecule has 0 radical (unpaired) electrons. The van der Waals surface area contributed by atoms with Crippen molar-refractivity contribution in [2.75, 3.05) is 7.11 Å². The smallest absolute Gasteiger partial charge is 0.163 e. The predicted octanol–water partition coefficient (Wildman–Crippen LogP) is 5.17. The maximum absolute atomic E-state index is 12.7. The summed E-state index contributed by atoms with van der Waals surface area (Å²) < 4.78 is 5.15. The number of rotatable bonds is 6. The van der Waals surface area contributed by atoms with Crippen LogP contribution in [0.5, 0.6) is 5.75 Å². The molecule has 0 amide bonds. The number of carbonyl (C=O) groups excluding carboxylic acids is 1. The Balaban J connectivity index is 2.12. The number of ether oxygens (including phenoxy) is 1. The molecule has 0 saturated heterocycles. The Morgan fingerprint density at radius 2 is 1.61 bits per heavy atom. The van der Waals surface area contributed by atoms with Crippen LogP contribution in [0.3, 0.4) is 0 Å². The van der Waals surface area contributed by atoms with E-state index in [1.807, 2.05) is 30.3 Å². The molecule has 23 heavy (non-hydrogen) atoms. The van der Waals surface area contributed by atoms with Crippen molar-refractivity contribution < 1.29 is 9.53 Å². The van der Waals surface area contributed by atoms with E-state index in [2.05, 4.69) is 45.0 Å². The van der Waals surface area contributed by atoms with Crippen LogP contribution >= 0.6 is 0 Å². The van der Waals surface area contributed by atoms with Crippen LogP contribution in [-0.2, 0) is 6.42 Å². The fourth-order valence-electron chi connectivity index (χ4n) is 2.70. The quantitative estimate of drug-likeness (QED) is 0.688. The number of hydrogen-bond acceptors (Lipinski definition) is 2. The first-order chi connectivity index (χ1) is 10.9. The summed E-state index contributed by atoms with van der Waals surface area (Å²) in [5, 5.41) is 0. The first-order valence-electron chi connectivity index (χ1n) is 8.11. The third kappa shape index (κ3) is 4.95. The molecular weight excluding hydrogens is 284 g/mol. The van der Waals surface area contributed by atoms with Crippen LogP contribution in [0, 0.1) is 11.3 Å². The number of hydrogen-bond donors (Lipinski definition) is 0. The minimum Gasteiger partial charge on any atom is -0.497 e. The van der Waals surface area contributed by atoms with Gasteiger partial charge in [-0.05, 0) is 47.6 Å². The molecule has 2 heteroatoms. The minimum atomic E-state index is 0.0813. The lowest BCUT2D eigenvalue weighted by Crippen LogP contribution is -2.25. The van der Waals surface area contributed by atoms with E-state index in [4.69, 9.17) is 4.74 Å². The molecule has 2 rings (SSSR count). The zero-order valence-corrected chi connectivity index (χ0v) is 14.5. The van der Waals surface area contributed by atoms with Gasteiger partial charge in [0, 0.05) is 12.0 Å². The topological polar surface area (TPSA) is 26.3 Å². The van der Waals surface area contributed by atoms with Gasteiger partial charge in [0.25, 0.3) is 0 Å². The predicted molar refractivity (Wildman–Crippen MR) is 95.0 cm³/mol. The van der Waals surface area contributed by atoms with E-state index in [0.29, 0.717) is 12.3 Å². The van der Waals surface area contributed by atoms with E-state index in [0.717, 1.165) is 17.7 Å². The maximum atomic E-state index is 12.7. The summed E-state index contributed by atoms with van der Waals surface area (Å²) in [6.45, 7) is 6.63. The van der Waals surface area contributed by atoms with Gasteiger partial charge in [-0.2, -0.15) is 0 Å². The second-order valence-corrected chi connectivity index (χ2v) is 7.11. The summed E-state index contributed by atoms with van der Waals surface area (Å²) in [6.07, 6.45) is 1.48. The highest BCUT2D eigenvalue weighted by Gasteiger charge is 2.27. The van der Waals surface area contributed by atoms with E-state index >= 15 is 0 Å². The van der Waals surface area contributed by atoms with Crippen LogP contribution in [-0.4, -0.2) is 12.9 Å². The number of Topliss-reactive ketones (excluding diaryl/α,β-unsaturated/α-hetero) is 1.